The molecule has 0 aromatic heterocycles. The molecule has 3 aliphatic heterocycles. The Labute approximate surface area is 119 Å². The van der Waals surface area contributed by atoms with Crippen LogP contribution in [0, 0.1) is 17.3 Å². The average molecular weight is 264 g/mol. The van der Waals surface area contributed by atoms with Crippen LogP contribution in [0.25, 0.3) is 0 Å². The summed E-state index contributed by atoms with van der Waals surface area (Å²) in [6.07, 6.45) is 8.56. The maximum atomic E-state index is 4.02. The first-order chi connectivity index (χ1) is 9.02. The Bertz CT molecular complexity index is 291. The van der Waals surface area contributed by atoms with Gasteiger partial charge >= 0.3 is 0 Å². The maximum absolute atomic E-state index is 4.02. The monoisotopic (exact) mass is 264 g/mol. The highest BCUT2D eigenvalue weighted by atomic mass is 15.2. The molecule has 4 aliphatic rings. The van der Waals surface area contributed by atoms with Crippen LogP contribution in [0.4, 0.5) is 0 Å². The van der Waals surface area contributed by atoms with Gasteiger partial charge in [-0.2, -0.15) is 0 Å². The Hall–Kier alpha value is -0.0800. The lowest BCUT2D eigenvalue weighted by Crippen LogP contribution is -2.58. The molecule has 3 heterocycles. The highest BCUT2D eigenvalue weighted by Crippen LogP contribution is 2.38. The van der Waals surface area contributed by atoms with Crippen LogP contribution in [0.5, 0.6) is 0 Å². The van der Waals surface area contributed by atoms with Gasteiger partial charge in [-0.15, -0.1) is 0 Å². The lowest BCUT2D eigenvalue weighted by atomic mass is 9.71. The Morgan fingerprint density at radius 2 is 1.53 bits per heavy atom. The van der Waals surface area contributed by atoms with E-state index < -0.39 is 0 Å². The lowest BCUT2D eigenvalue weighted by molar-refractivity contribution is 0.0589. The molecule has 3 saturated heterocycles. The van der Waals surface area contributed by atoms with Crippen molar-refractivity contribution in [2.45, 2.75) is 71.4 Å². The molecular formula is C17H32N2. The minimum Gasteiger partial charge on any atom is -0.310 e. The maximum Gasteiger partial charge on any atom is 0.0226 e. The largest absolute Gasteiger partial charge is 0.310 e. The van der Waals surface area contributed by atoms with E-state index in [1.807, 2.05) is 0 Å². The third-order valence-electron chi connectivity index (χ3n) is 6.06. The fourth-order valence-corrected chi connectivity index (χ4v) is 4.58. The molecule has 110 valence electrons. The fraction of sp³-hybridized carbons (Fsp3) is 1.00. The number of fused-ring (bicyclic) bond motifs is 3. The quantitative estimate of drug-likeness (QED) is 0.823. The number of nitrogens with one attached hydrogen (secondary N) is 1. The Morgan fingerprint density at radius 1 is 0.895 bits per heavy atom. The van der Waals surface area contributed by atoms with Gasteiger partial charge in [0.05, 0.1) is 0 Å². The van der Waals surface area contributed by atoms with E-state index in [0.717, 1.165) is 23.9 Å². The van der Waals surface area contributed by atoms with Crippen molar-refractivity contribution < 1.29 is 0 Å². The van der Waals surface area contributed by atoms with Crippen LogP contribution in [-0.4, -0.2) is 36.6 Å². The van der Waals surface area contributed by atoms with E-state index in [4.69, 9.17) is 0 Å². The summed E-state index contributed by atoms with van der Waals surface area (Å²) in [5.74, 6) is 1.92. The zero-order valence-electron chi connectivity index (χ0n) is 13.1. The van der Waals surface area contributed by atoms with Crippen LogP contribution in [0.2, 0.25) is 0 Å². The van der Waals surface area contributed by atoms with Crippen LogP contribution in [0.1, 0.15) is 59.3 Å². The van der Waals surface area contributed by atoms with Gasteiger partial charge < -0.3 is 10.2 Å². The molecule has 1 atom stereocenters. The molecule has 0 amide bonds. The fourth-order valence-electron chi connectivity index (χ4n) is 4.58. The molecule has 1 aliphatic carbocycles. The van der Waals surface area contributed by atoms with Crippen molar-refractivity contribution in [3.63, 3.8) is 0 Å². The number of nitrogens with zero attached hydrogens (tertiary/aromatic N) is 1. The molecule has 2 heteroatoms. The van der Waals surface area contributed by atoms with Crippen LogP contribution >= 0.6 is 0 Å². The van der Waals surface area contributed by atoms with Gasteiger partial charge in [0.1, 0.15) is 0 Å². The standard InChI is InChI=1S/C17H32N2/c1-17(2,3)14-4-6-15(7-5-14)18-16-12-19-10-8-13(16)9-11-19/h13-16,18H,4-12H2,1-3H3. The zero-order valence-corrected chi connectivity index (χ0v) is 13.1. The Morgan fingerprint density at radius 3 is 2.00 bits per heavy atom. The van der Waals surface area contributed by atoms with Crippen molar-refractivity contribution >= 4 is 0 Å². The molecular weight excluding hydrogens is 232 g/mol. The van der Waals surface area contributed by atoms with Gasteiger partial charge in [0.25, 0.3) is 0 Å². The molecule has 4 rings (SSSR count). The van der Waals surface area contributed by atoms with Gasteiger partial charge in [-0.05, 0) is 68.9 Å². The SMILES string of the molecule is CC(C)(C)C1CCC(NC2CN3CCC2CC3)CC1. The smallest absolute Gasteiger partial charge is 0.0226 e. The van der Waals surface area contributed by atoms with Crippen LogP contribution in [0.3, 0.4) is 0 Å². The summed E-state index contributed by atoms with van der Waals surface area (Å²) in [6.45, 7) is 11.3. The third kappa shape index (κ3) is 3.16. The van der Waals surface area contributed by atoms with Crippen molar-refractivity contribution in [3.8, 4) is 0 Å². The molecule has 0 aromatic carbocycles. The average Bonchev–Trinajstić information content (AvgIpc) is 2.40. The van der Waals surface area contributed by atoms with Crippen LogP contribution in [0.15, 0.2) is 0 Å². The minimum absolute atomic E-state index is 0.514. The predicted octanol–water partition coefficient (Wildman–Crippen LogP) is 3.28. The number of piperidine rings is 3. The first kappa shape index (κ1) is 13.9. The first-order valence-electron chi connectivity index (χ1n) is 8.51. The molecule has 19 heavy (non-hydrogen) atoms. The van der Waals surface area contributed by atoms with Gasteiger partial charge in [-0.25, -0.2) is 0 Å². The Kier molecular flexibility index (Phi) is 3.92. The summed E-state index contributed by atoms with van der Waals surface area (Å²) in [5.41, 5.74) is 0.514. The van der Waals surface area contributed by atoms with E-state index in [2.05, 4.69) is 31.0 Å². The molecule has 2 nitrogen and oxygen atoms in total. The second-order valence-corrected chi connectivity index (χ2v) is 8.33. The normalized spacial score (nSPS) is 43.4. The second kappa shape index (κ2) is 5.37. The summed E-state index contributed by atoms with van der Waals surface area (Å²) in [4.78, 5) is 2.67. The molecule has 0 aromatic rings. The molecule has 1 saturated carbocycles. The predicted molar refractivity (Wildman–Crippen MR) is 81.3 cm³/mol. The summed E-state index contributed by atoms with van der Waals surface area (Å²) in [6, 6.07) is 1.61. The molecule has 4 fully saturated rings. The minimum atomic E-state index is 0.514. The van der Waals surface area contributed by atoms with Gasteiger partial charge in [-0.1, -0.05) is 20.8 Å². The highest BCUT2D eigenvalue weighted by Gasteiger charge is 2.36. The topological polar surface area (TPSA) is 15.3 Å². The number of hydrogen-bond acceptors (Lipinski definition) is 2. The van der Waals surface area contributed by atoms with Crippen LogP contribution < -0.4 is 5.32 Å². The lowest BCUT2D eigenvalue weighted by Gasteiger charge is -2.47. The second-order valence-electron chi connectivity index (χ2n) is 8.33. The third-order valence-corrected chi connectivity index (χ3v) is 6.06. The summed E-state index contributed by atoms with van der Waals surface area (Å²) in [7, 11) is 0. The Balaban J connectivity index is 1.47. The van der Waals surface area contributed by atoms with Crippen LogP contribution in [-0.2, 0) is 0 Å². The van der Waals surface area contributed by atoms with Crippen molar-refractivity contribution in [2.75, 3.05) is 19.6 Å². The number of hydrogen-bond donors (Lipinski definition) is 1. The zero-order chi connectivity index (χ0) is 13.5. The molecule has 1 N–H and O–H groups in total. The number of rotatable bonds is 2. The van der Waals surface area contributed by atoms with E-state index in [0.29, 0.717) is 5.41 Å². The van der Waals surface area contributed by atoms with Crippen molar-refractivity contribution in [1.29, 1.82) is 0 Å². The highest BCUT2D eigenvalue weighted by molar-refractivity contribution is 4.93. The molecule has 1 unspecified atom stereocenters. The van der Waals surface area contributed by atoms with E-state index in [1.54, 1.807) is 0 Å². The summed E-state index contributed by atoms with van der Waals surface area (Å²) < 4.78 is 0. The molecule has 0 spiro atoms. The van der Waals surface area contributed by atoms with E-state index in [1.165, 1.54) is 58.2 Å². The van der Waals surface area contributed by atoms with E-state index in [-0.39, 0.29) is 0 Å². The summed E-state index contributed by atoms with van der Waals surface area (Å²) >= 11 is 0. The van der Waals surface area contributed by atoms with Gasteiger partial charge in [0.2, 0.25) is 0 Å². The van der Waals surface area contributed by atoms with E-state index >= 15 is 0 Å². The first-order valence-corrected chi connectivity index (χ1v) is 8.51. The van der Waals surface area contributed by atoms with Gasteiger partial charge in [0, 0.05) is 18.6 Å². The van der Waals surface area contributed by atoms with Crippen molar-refractivity contribution in [2.24, 2.45) is 17.3 Å². The van der Waals surface area contributed by atoms with E-state index in [9.17, 15) is 0 Å². The molecule has 2 bridgehead atoms. The van der Waals surface area contributed by atoms with Crippen molar-refractivity contribution in [1.82, 2.24) is 10.2 Å². The van der Waals surface area contributed by atoms with Gasteiger partial charge in [0.15, 0.2) is 0 Å². The molecule has 0 radical (unpaired) electrons. The van der Waals surface area contributed by atoms with Crippen molar-refractivity contribution in [3.05, 3.63) is 0 Å². The summed E-state index contributed by atoms with van der Waals surface area (Å²) in [5, 5.41) is 4.02. The van der Waals surface area contributed by atoms with Gasteiger partial charge in [-0.3, -0.25) is 0 Å².